The normalized spacial score (nSPS) is 18.7. The fraction of sp³-hybridized carbons (Fsp3) is 0.500. The molecule has 2 aliphatic rings. The highest BCUT2D eigenvalue weighted by molar-refractivity contribution is 5.69. The number of carboxylic acids is 1. The summed E-state index contributed by atoms with van der Waals surface area (Å²) in [6, 6.07) is 3.98. The largest absolute Gasteiger partial charge is 0.481 e. The van der Waals surface area contributed by atoms with Crippen molar-refractivity contribution < 1.29 is 19.4 Å². The molecular weight excluding hydrogens is 232 g/mol. The Kier molecular flexibility index (Phi) is 2.65. The van der Waals surface area contributed by atoms with Gasteiger partial charge >= 0.3 is 5.97 Å². The predicted octanol–water partition coefficient (Wildman–Crippen LogP) is 2.69. The minimum Gasteiger partial charge on any atom is -0.481 e. The summed E-state index contributed by atoms with van der Waals surface area (Å²) < 4.78 is 11.0. The lowest BCUT2D eigenvalue weighted by atomic mass is 9.89. The van der Waals surface area contributed by atoms with Crippen LogP contribution in [-0.4, -0.2) is 17.9 Å². The van der Waals surface area contributed by atoms with Crippen LogP contribution in [0, 0.1) is 12.8 Å². The molecule has 0 amide bonds. The molecule has 1 fully saturated rings. The first kappa shape index (κ1) is 11.4. The van der Waals surface area contributed by atoms with Gasteiger partial charge in [-0.25, -0.2) is 0 Å². The van der Waals surface area contributed by atoms with Gasteiger partial charge in [0.15, 0.2) is 11.5 Å². The van der Waals surface area contributed by atoms with Crippen molar-refractivity contribution in [1.82, 2.24) is 0 Å². The van der Waals surface area contributed by atoms with Crippen LogP contribution in [0.15, 0.2) is 12.1 Å². The quantitative estimate of drug-likeness (QED) is 0.890. The van der Waals surface area contributed by atoms with Crippen molar-refractivity contribution in [3.8, 4) is 11.5 Å². The SMILES string of the molecule is Cc1ccc(C(CC(=O)O)C2CC2)c2c1OCO2. The lowest BCUT2D eigenvalue weighted by Gasteiger charge is -2.17. The number of benzene rings is 1. The number of hydrogen-bond donors (Lipinski definition) is 1. The third-order valence-corrected chi connectivity index (χ3v) is 3.73. The van der Waals surface area contributed by atoms with Gasteiger partial charge in [0.25, 0.3) is 0 Å². The maximum Gasteiger partial charge on any atom is 0.303 e. The van der Waals surface area contributed by atoms with Gasteiger partial charge in [-0.1, -0.05) is 12.1 Å². The molecule has 1 atom stereocenters. The van der Waals surface area contributed by atoms with Crippen LogP contribution >= 0.6 is 0 Å². The van der Waals surface area contributed by atoms with E-state index in [0.717, 1.165) is 35.5 Å². The average molecular weight is 248 g/mol. The number of fused-ring (bicyclic) bond motifs is 1. The monoisotopic (exact) mass is 248 g/mol. The standard InChI is InChI=1S/C14H16O4/c1-8-2-5-10(14-13(8)17-7-18-14)11(6-12(15)16)9-3-4-9/h2,5,9,11H,3-4,6-7H2,1H3,(H,15,16). The van der Waals surface area contributed by atoms with Gasteiger partial charge in [0, 0.05) is 11.5 Å². The first-order chi connectivity index (χ1) is 8.66. The smallest absolute Gasteiger partial charge is 0.303 e. The molecule has 0 saturated heterocycles. The van der Waals surface area contributed by atoms with E-state index < -0.39 is 5.97 Å². The number of aryl methyl sites for hydroxylation is 1. The zero-order chi connectivity index (χ0) is 12.7. The molecule has 4 nitrogen and oxygen atoms in total. The van der Waals surface area contributed by atoms with Crippen LogP contribution < -0.4 is 9.47 Å². The summed E-state index contributed by atoms with van der Waals surface area (Å²) in [4.78, 5) is 11.0. The fourth-order valence-corrected chi connectivity index (χ4v) is 2.66. The third kappa shape index (κ3) is 1.92. The van der Waals surface area contributed by atoms with Crippen LogP contribution in [0.5, 0.6) is 11.5 Å². The summed E-state index contributed by atoms with van der Waals surface area (Å²) in [5.74, 6) is 1.33. The van der Waals surface area contributed by atoms with Gasteiger partial charge in [0.2, 0.25) is 6.79 Å². The minimum absolute atomic E-state index is 0.0542. The lowest BCUT2D eigenvalue weighted by molar-refractivity contribution is -0.137. The molecule has 1 aliphatic heterocycles. The second-order valence-electron chi connectivity index (χ2n) is 5.08. The number of hydrogen-bond acceptors (Lipinski definition) is 3. The van der Waals surface area contributed by atoms with E-state index >= 15 is 0 Å². The molecule has 0 spiro atoms. The van der Waals surface area contributed by atoms with Crippen LogP contribution in [0.2, 0.25) is 0 Å². The molecular formula is C14H16O4. The van der Waals surface area contributed by atoms with Crippen LogP contribution in [0.25, 0.3) is 0 Å². The van der Waals surface area contributed by atoms with Gasteiger partial charge in [0.05, 0.1) is 6.42 Å². The van der Waals surface area contributed by atoms with Crippen molar-refractivity contribution in [2.75, 3.05) is 6.79 Å². The Morgan fingerprint density at radius 2 is 2.11 bits per heavy atom. The second kappa shape index (κ2) is 4.19. The summed E-state index contributed by atoms with van der Waals surface area (Å²) in [7, 11) is 0. The number of carboxylic acid groups (broad SMARTS) is 1. The summed E-state index contributed by atoms with van der Waals surface area (Å²) in [6.45, 7) is 2.21. The summed E-state index contributed by atoms with van der Waals surface area (Å²) in [6.07, 6.45) is 2.40. The molecule has 3 rings (SSSR count). The van der Waals surface area contributed by atoms with Crippen molar-refractivity contribution in [2.24, 2.45) is 5.92 Å². The molecule has 0 radical (unpaired) electrons. The Labute approximate surface area is 106 Å². The Morgan fingerprint density at radius 1 is 1.39 bits per heavy atom. The van der Waals surface area contributed by atoms with Gasteiger partial charge in [-0.2, -0.15) is 0 Å². The molecule has 1 N–H and O–H groups in total. The van der Waals surface area contributed by atoms with Crippen LogP contribution in [0.3, 0.4) is 0 Å². The third-order valence-electron chi connectivity index (χ3n) is 3.73. The van der Waals surface area contributed by atoms with E-state index in [2.05, 4.69) is 0 Å². The minimum atomic E-state index is -0.750. The van der Waals surface area contributed by atoms with Crippen molar-refractivity contribution in [1.29, 1.82) is 0 Å². The number of rotatable bonds is 4. The highest BCUT2D eigenvalue weighted by Crippen LogP contribution is 2.50. The van der Waals surface area contributed by atoms with Crippen LogP contribution in [-0.2, 0) is 4.79 Å². The summed E-state index contributed by atoms with van der Waals surface area (Å²) >= 11 is 0. The Bertz CT molecular complexity index is 491. The van der Waals surface area contributed by atoms with Gasteiger partial charge < -0.3 is 14.6 Å². The second-order valence-corrected chi connectivity index (χ2v) is 5.08. The average Bonchev–Trinajstić information content (AvgIpc) is 3.04. The van der Waals surface area contributed by atoms with Crippen molar-refractivity contribution >= 4 is 5.97 Å². The van der Waals surface area contributed by atoms with Gasteiger partial charge in [-0.3, -0.25) is 4.79 Å². The molecule has 18 heavy (non-hydrogen) atoms. The molecule has 1 aliphatic carbocycles. The number of aliphatic carboxylic acids is 1. The number of carbonyl (C=O) groups is 1. The van der Waals surface area contributed by atoms with Crippen molar-refractivity contribution in [2.45, 2.75) is 32.1 Å². The molecule has 1 saturated carbocycles. The first-order valence-electron chi connectivity index (χ1n) is 6.27. The molecule has 1 aromatic carbocycles. The first-order valence-corrected chi connectivity index (χ1v) is 6.27. The Balaban J connectivity index is 1.99. The molecule has 1 aromatic rings. The van der Waals surface area contributed by atoms with Gasteiger partial charge in [-0.05, 0) is 31.2 Å². The summed E-state index contributed by atoms with van der Waals surface area (Å²) in [5.41, 5.74) is 2.04. The van der Waals surface area contributed by atoms with Gasteiger partial charge in [0.1, 0.15) is 0 Å². The predicted molar refractivity (Wildman–Crippen MR) is 65.0 cm³/mol. The molecule has 4 heteroatoms. The fourth-order valence-electron chi connectivity index (χ4n) is 2.66. The Hall–Kier alpha value is -1.71. The van der Waals surface area contributed by atoms with Crippen LogP contribution in [0.1, 0.15) is 36.3 Å². The van der Waals surface area contributed by atoms with Crippen LogP contribution in [0.4, 0.5) is 0 Å². The molecule has 1 unspecified atom stereocenters. The van der Waals surface area contributed by atoms with E-state index in [-0.39, 0.29) is 19.1 Å². The topological polar surface area (TPSA) is 55.8 Å². The van der Waals surface area contributed by atoms with E-state index in [1.807, 2.05) is 19.1 Å². The molecule has 1 heterocycles. The van der Waals surface area contributed by atoms with E-state index in [0.29, 0.717) is 5.92 Å². The number of ether oxygens (including phenoxy) is 2. The van der Waals surface area contributed by atoms with E-state index in [4.69, 9.17) is 14.6 Å². The van der Waals surface area contributed by atoms with E-state index in [1.54, 1.807) is 0 Å². The molecule has 0 aromatic heterocycles. The highest BCUT2D eigenvalue weighted by atomic mass is 16.7. The maximum atomic E-state index is 11.0. The molecule has 96 valence electrons. The zero-order valence-electron chi connectivity index (χ0n) is 10.3. The van der Waals surface area contributed by atoms with Crippen molar-refractivity contribution in [3.63, 3.8) is 0 Å². The highest BCUT2D eigenvalue weighted by Gasteiger charge is 2.37. The zero-order valence-corrected chi connectivity index (χ0v) is 10.3. The lowest BCUT2D eigenvalue weighted by Crippen LogP contribution is -2.09. The molecule has 0 bridgehead atoms. The van der Waals surface area contributed by atoms with E-state index in [9.17, 15) is 4.79 Å². The van der Waals surface area contributed by atoms with Gasteiger partial charge in [-0.15, -0.1) is 0 Å². The van der Waals surface area contributed by atoms with E-state index in [1.165, 1.54) is 0 Å². The Morgan fingerprint density at radius 3 is 2.78 bits per heavy atom. The van der Waals surface area contributed by atoms with Crippen molar-refractivity contribution in [3.05, 3.63) is 23.3 Å². The maximum absolute atomic E-state index is 11.0. The summed E-state index contributed by atoms with van der Waals surface area (Å²) in [5, 5.41) is 9.05.